The van der Waals surface area contributed by atoms with Gasteiger partial charge in [-0.25, -0.2) is 4.39 Å². The van der Waals surface area contributed by atoms with E-state index in [2.05, 4.69) is 9.88 Å². The Morgan fingerprint density at radius 3 is 2.42 bits per heavy atom. The van der Waals surface area contributed by atoms with Gasteiger partial charge in [-0.2, -0.15) is 0 Å². The molecule has 3 aromatic rings. The molecule has 0 bridgehead atoms. The largest absolute Gasteiger partial charge is 0.367 e. The van der Waals surface area contributed by atoms with Crippen molar-refractivity contribution in [3.8, 4) is 0 Å². The molecule has 4 rings (SSSR count). The Kier molecular flexibility index (Phi) is 6.28. The lowest BCUT2D eigenvalue weighted by Crippen LogP contribution is -2.47. The number of nitrogens with zero attached hydrogens (tertiary/aromatic N) is 4. The first-order valence-electron chi connectivity index (χ1n) is 10.7. The minimum Gasteiger partial charge on any atom is -0.367 e. The molecule has 1 aliphatic rings. The number of pyridine rings is 1. The van der Waals surface area contributed by atoms with Crippen molar-refractivity contribution < 1.29 is 9.18 Å². The molecule has 1 aromatic heterocycles. The highest BCUT2D eigenvalue weighted by Gasteiger charge is 2.27. The number of amides is 1. The molecule has 5 nitrogen and oxygen atoms in total. The maximum absolute atomic E-state index is 14.3. The second-order valence-corrected chi connectivity index (χ2v) is 8.02. The van der Waals surface area contributed by atoms with Gasteiger partial charge in [-0.15, -0.1) is 0 Å². The van der Waals surface area contributed by atoms with Crippen molar-refractivity contribution in [1.29, 1.82) is 0 Å². The Balaban J connectivity index is 1.72. The van der Waals surface area contributed by atoms with Gasteiger partial charge in [0.15, 0.2) is 0 Å². The number of carbonyl (C=O) groups excluding carboxylic acids is 1. The number of hydrogen-bond donors (Lipinski definition) is 0. The van der Waals surface area contributed by atoms with Gasteiger partial charge >= 0.3 is 0 Å². The predicted octanol–water partition coefficient (Wildman–Crippen LogP) is 4.84. The van der Waals surface area contributed by atoms with Crippen LogP contribution in [0.5, 0.6) is 0 Å². The van der Waals surface area contributed by atoms with Crippen molar-refractivity contribution in [2.45, 2.75) is 13.8 Å². The van der Waals surface area contributed by atoms with E-state index in [9.17, 15) is 9.18 Å². The molecule has 2 heterocycles. The topological polar surface area (TPSA) is 39.7 Å². The van der Waals surface area contributed by atoms with Crippen molar-refractivity contribution >= 4 is 39.8 Å². The number of carbonyl (C=O) groups is 1. The van der Waals surface area contributed by atoms with Crippen LogP contribution < -0.4 is 9.80 Å². The highest BCUT2D eigenvalue weighted by Crippen LogP contribution is 2.34. The van der Waals surface area contributed by atoms with E-state index in [0.717, 1.165) is 16.6 Å². The van der Waals surface area contributed by atoms with E-state index in [4.69, 9.17) is 11.6 Å². The fraction of sp³-hybridized carbons (Fsp3) is 0.333. The number of para-hydroxylation sites is 1. The van der Waals surface area contributed by atoms with E-state index < -0.39 is 0 Å². The van der Waals surface area contributed by atoms with E-state index in [1.54, 1.807) is 17.2 Å². The first-order chi connectivity index (χ1) is 15.0. The molecule has 0 atom stereocenters. The summed E-state index contributed by atoms with van der Waals surface area (Å²) in [6.45, 7) is 7.84. The molecule has 2 aromatic carbocycles. The van der Waals surface area contributed by atoms with Crippen molar-refractivity contribution in [2.75, 3.05) is 49.1 Å². The lowest BCUT2D eigenvalue weighted by atomic mass is 10.1. The molecule has 0 radical (unpaired) electrons. The zero-order chi connectivity index (χ0) is 22.0. The van der Waals surface area contributed by atoms with Crippen LogP contribution in [0.2, 0.25) is 5.02 Å². The maximum Gasteiger partial charge on any atom is 0.257 e. The zero-order valence-electron chi connectivity index (χ0n) is 17.8. The highest BCUT2D eigenvalue weighted by atomic mass is 35.5. The zero-order valence-corrected chi connectivity index (χ0v) is 18.6. The number of halogens is 2. The fourth-order valence-electron chi connectivity index (χ4n) is 4.21. The second-order valence-electron chi connectivity index (χ2n) is 7.58. The number of hydrogen-bond acceptors (Lipinski definition) is 4. The fourth-order valence-corrected chi connectivity index (χ4v) is 4.38. The first-order valence-corrected chi connectivity index (χ1v) is 11.0. The summed E-state index contributed by atoms with van der Waals surface area (Å²) in [7, 11) is 0. The van der Waals surface area contributed by atoms with Crippen LogP contribution in [0.1, 0.15) is 24.2 Å². The molecule has 31 heavy (non-hydrogen) atoms. The first kappa shape index (κ1) is 21.4. The van der Waals surface area contributed by atoms with E-state index in [-0.39, 0.29) is 11.7 Å². The number of fused-ring (bicyclic) bond motifs is 1. The average molecular weight is 441 g/mol. The van der Waals surface area contributed by atoms with Crippen LogP contribution in [0.25, 0.3) is 10.9 Å². The molecule has 1 fully saturated rings. The summed E-state index contributed by atoms with van der Waals surface area (Å²) < 4.78 is 14.3. The van der Waals surface area contributed by atoms with Gasteiger partial charge in [0.1, 0.15) is 5.82 Å². The van der Waals surface area contributed by atoms with Gasteiger partial charge in [-0.3, -0.25) is 9.78 Å². The Morgan fingerprint density at radius 1 is 1.06 bits per heavy atom. The summed E-state index contributed by atoms with van der Waals surface area (Å²) in [5.41, 5.74) is 2.85. The van der Waals surface area contributed by atoms with Gasteiger partial charge in [0.05, 0.1) is 22.5 Å². The molecule has 7 heteroatoms. The van der Waals surface area contributed by atoms with Gasteiger partial charge in [0.2, 0.25) is 0 Å². The average Bonchev–Trinajstić information content (AvgIpc) is 2.79. The van der Waals surface area contributed by atoms with E-state index in [1.807, 2.05) is 49.1 Å². The monoisotopic (exact) mass is 440 g/mol. The quantitative estimate of drug-likeness (QED) is 0.569. The normalized spacial score (nSPS) is 14.2. The Morgan fingerprint density at radius 2 is 1.74 bits per heavy atom. The number of anilines is 2. The van der Waals surface area contributed by atoms with Gasteiger partial charge in [-0.05, 0) is 44.2 Å². The molecular formula is C24H26ClFN4O. The van der Waals surface area contributed by atoms with E-state index in [1.165, 1.54) is 6.07 Å². The third-order valence-electron chi connectivity index (χ3n) is 5.87. The second kappa shape index (κ2) is 9.10. The summed E-state index contributed by atoms with van der Waals surface area (Å²) in [5.74, 6) is -0.250. The SMILES string of the molecule is CCN(CC)C(=O)c1cnc2ccc(Cl)cc2c1N1CCN(c2ccccc2F)CC1. The van der Waals surface area contributed by atoms with Gasteiger partial charge in [-0.1, -0.05) is 23.7 Å². The van der Waals surface area contributed by atoms with Gasteiger partial charge < -0.3 is 14.7 Å². The van der Waals surface area contributed by atoms with Crippen LogP contribution in [-0.2, 0) is 0 Å². The van der Waals surface area contributed by atoms with Crippen LogP contribution in [0.4, 0.5) is 15.8 Å². The van der Waals surface area contributed by atoms with Gasteiger partial charge in [0, 0.05) is 55.9 Å². The van der Waals surface area contributed by atoms with Crippen LogP contribution in [-0.4, -0.2) is 55.1 Å². The van der Waals surface area contributed by atoms with Crippen molar-refractivity contribution in [3.05, 3.63) is 65.1 Å². The summed E-state index contributed by atoms with van der Waals surface area (Å²) in [5, 5.41) is 1.47. The summed E-state index contributed by atoms with van der Waals surface area (Å²) in [6, 6.07) is 12.4. The van der Waals surface area contributed by atoms with E-state index in [0.29, 0.717) is 55.5 Å². The minimum atomic E-state index is -0.213. The molecule has 162 valence electrons. The maximum atomic E-state index is 14.3. The summed E-state index contributed by atoms with van der Waals surface area (Å²) in [4.78, 5) is 23.9. The van der Waals surface area contributed by atoms with Crippen LogP contribution >= 0.6 is 11.6 Å². The van der Waals surface area contributed by atoms with Crippen LogP contribution in [0.3, 0.4) is 0 Å². The molecule has 0 N–H and O–H groups in total. The van der Waals surface area contributed by atoms with Crippen molar-refractivity contribution in [1.82, 2.24) is 9.88 Å². The third kappa shape index (κ3) is 4.17. The molecule has 0 saturated carbocycles. The summed E-state index contributed by atoms with van der Waals surface area (Å²) >= 11 is 6.31. The van der Waals surface area contributed by atoms with E-state index >= 15 is 0 Å². The molecular weight excluding hydrogens is 415 g/mol. The highest BCUT2D eigenvalue weighted by molar-refractivity contribution is 6.31. The number of benzene rings is 2. The molecule has 1 amide bonds. The Labute approximate surface area is 187 Å². The minimum absolute atomic E-state index is 0.0362. The third-order valence-corrected chi connectivity index (χ3v) is 6.11. The number of aromatic nitrogens is 1. The Hall–Kier alpha value is -2.86. The summed E-state index contributed by atoms with van der Waals surface area (Å²) in [6.07, 6.45) is 1.68. The lowest BCUT2D eigenvalue weighted by Gasteiger charge is -2.38. The van der Waals surface area contributed by atoms with Crippen LogP contribution in [0, 0.1) is 5.82 Å². The number of piperazine rings is 1. The molecule has 0 spiro atoms. The number of rotatable bonds is 5. The van der Waals surface area contributed by atoms with Crippen LogP contribution in [0.15, 0.2) is 48.7 Å². The van der Waals surface area contributed by atoms with Gasteiger partial charge in [0.25, 0.3) is 5.91 Å². The Bertz CT molecular complexity index is 1090. The smallest absolute Gasteiger partial charge is 0.257 e. The molecule has 1 saturated heterocycles. The predicted molar refractivity (Wildman–Crippen MR) is 125 cm³/mol. The lowest BCUT2D eigenvalue weighted by molar-refractivity contribution is 0.0773. The van der Waals surface area contributed by atoms with Crippen molar-refractivity contribution in [3.63, 3.8) is 0 Å². The molecule has 0 unspecified atom stereocenters. The van der Waals surface area contributed by atoms with Crippen molar-refractivity contribution in [2.24, 2.45) is 0 Å². The standard InChI is InChI=1S/C24H26ClFN4O/c1-3-28(4-2)24(31)19-16-27-21-10-9-17(25)15-18(21)23(19)30-13-11-29(12-14-30)22-8-6-5-7-20(22)26/h5-10,15-16H,3-4,11-14H2,1-2H3. The molecule has 0 aliphatic carbocycles. The molecule has 1 aliphatic heterocycles.